The maximum atomic E-state index is 13.4. The van der Waals surface area contributed by atoms with Crippen LogP contribution in [0.4, 0.5) is 0 Å². The fraction of sp³-hybridized carbons (Fsp3) is 0.0909. The molecule has 2 aromatic heterocycles. The summed E-state index contributed by atoms with van der Waals surface area (Å²) in [6.07, 6.45) is 0. The van der Waals surface area contributed by atoms with Gasteiger partial charge in [-0.15, -0.1) is 0 Å². The van der Waals surface area contributed by atoms with E-state index in [2.05, 4.69) is 4.98 Å². The van der Waals surface area contributed by atoms with Gasteiger partial charge < -0.3 is 9.47 Å². The molecule has 29 heavy (non-hydrogen) atoms. The van der Waals surface area contributed by atoms with Gasteiger partial charge in [-0.3, -0.25) is 9.20 Å². The highest BCUT2D eigenvalue weighted by Crippen LogP contribution is 2.31. The average Bonchev–Trinajstić information content (AvgIpc) is 3.15. The average molecular weight is 386 g/mol. The highest BCUT2D eigenvalue weighted by Gasteiger charge is 2.26. The minimum absolute atomic E-state index is 0.0133. The molecule has 5 aromatic rings. The number of imidazole rings is 1. The van der Waals surface area contributed by atoms with Crippen LogP contribution in [0.1, 0.15) is 20.7 Å². The molecule has 7 nitrogen and oxygen atoms in total. The van der Waals surface area contributed by atoms with Gasteiger partial charge >= 0.3 is 11.9 Å². The Labute approximate surface area is 163 Å². The van der Waals surface area contributed by atoms with Gasteiger partial charge in [0.15, 0.2) is 0 Å². The fourth-order valence-electron chi connectivity index (χ4n) is 3.96. The van der Waals surface area contributed by atoms with Crippen molar-refractivity contribution in [2.45, 2.75) is 0 Å². The summed E-state index contributed by atoms with van der Waals surface area (Å²) in [4.78, 5) is 42.9. The quantitative estimate of drug-likeness (QED) is 0.433. The first-order valence-electron chi connectivity index (χ1n) is 8.85. The van der Waals surface area contributed by atoms with Gasteiger partial charge in [-0.2, -0.15) is 0 Å². The molecule has 0 N–H and O–H groups in total. The second-order valence-corrected chi connectivity index (χ2v) is 6.62. The standard InChI is InChI=1S/C22H14N2O5/c1-28-21(26)14-9-10-15-18(17(14)22(27)29-2)24-19(23-15)12-7-3-5-11-6-4-8-13(16(11)12)20(24)25/h3-10H,1-2H3. The molecule has 142 valence electrons. The van der Waals surface area contributed by atoms with Crippen LogP contribution in [-0.4, -0.2) is 35.5 Å². The van der Waals surface area contributed by atoms with Crippen LogP contribution in [0, 0.1) is 0 Å². The molecular weight excluding hydrogens is 372 g/mol. The van der Waals surface area contributed by atoms with Crippen LogP contribution in [0.5, 0.6) is 0 Å². The topological polar surface area (TPSA) is 87.0 Å². The maximum absolute atomic E-state index is 13.4. The van der Waals surface area contributed by atoms with E-state index in [0.717, 1.165) is 16.2 Å². The van der Waals surface area contributed by atoms with Crippen LogP contribution in [-0.2, 0) is 9.47 Å². The smallest absolute Gasteiger partial charge is 0.340 e. The normalized spacial score (nSPS) is 11.5. The molecule has 0 aliphatic heterocycles. The van der Waals surface area contributed by atoms with Crippen LogP contribution in [0.15, 0.2) is 53.3 Å². The third-order valence-electron chi connectivity index (χ3n) is 5.19. The summed E-state index contributed by atoms with van der Waals surface area (Å²) in [6.45, 7) is 0. The van der Waals surface area contributed by atoms with Crippen molar-refractivity contribution in [3.8, 4) is 0 Å². The summed E-state index contributed by atoms with van der Waals surface area (Å²) in [5.74, 6) is -1.45. The SMILES string of the molecule is COC(=O)c1ccc2nc3c4cccc5cccc(c(=O)n3c2c1C(=O)OC)c54. The molecule has 5 rings (SSSR count). The second-order valence-electron chi connectivity index (χ2n) is 6.62. The first-order chi connectivity index (χ1) is 14.1. The van der Waals surface area contributed by atoms with Crippen molar-refractivity contribution in [3.05, 3.63) is 70.0 Å². The molecule has 7 heteroatoms. The molecule has 0 aliphatic carbocycles. The third-order valence-corrected chi connectivity index (χ3v) is 5.19. The van der Waals surface area contributed by atoms with Crippen molar-refractivity contribution in [1.29, 1.82) is 0 Å². The summed E-state index contributed by atoms with van der Waals surface area (Å²) < 4.78 is 11.1. The van der Waals surface area contributed by atoms with Gasteiger partial charge in [0.1, 0.15) is 11.2 Å². The van der Waals surface area contributed by atoms with Gasteiger partial charge in [0.25, 0.3) is 5.56 Å². The molecule has 0 saturated carbocycles. The molecule has 3 aromatic carbocycles. The fourth-order valence-corrected chi connectivity index (χ4v) is 3.96. The number of ether oxygens (including phenoxy) is 2. The monoisotopic (exact) mass is 386 g/mol. The molecule has 0 unspecified atom stereocenters. The number of esters is 2. The van der Waals surface area contributed by atoms with Crippen LogP contribution in [0.3, 0.4) is 0 Å². The molecule has 0 amide bonds. The minimum atomic E-state index is -0.747. The lowest BCUT2D eigenvalue weighted by atomic mass is 10.0. The van der Waals surface area contributed by atoms with Crippen LogP contribution >= 0.6 is 0 Å². The predicted octanol–water partition coefficient (Wildman–Crippen LogP) is 3.17. The number of carbonyl (C=O) groups is 2. The largest absolute Gasteiger partial charge is 0.465 e. The molecule has 0 aliphatic rings. The molecule has 0 atom stereocenters. The maximum Gasteiger partial charge on any atom is 0.340 e. The molecule has 0 fully saturated rings. The summed E-state index contributed by atoms with van der Waals surface area (Å²) in [5, 5.41) is 3.03. The Morgan fingerprint density at radius 3 is 2.28 bits per heavy atom. The second kappa shape index (κ2) is 6.00. The van der Waals surface area contributed by atoms with Gasteiger partial charge in [0.05, 0.1) is 30.8 Å². The molecular formula is C22H14N2O5. The molecule has 0 radical (unpaired) electrons. The first kappa shape index (κ1) is 17.1. The number of carbonyl (C=O) groups excluding carboxylic acids is 2. The van der Waals surface area contributed by atoms with E-state index in [1.54, 1.807) is 12.1 Å². The van der Waals surface area contributed by atoms with E-state index in [1.165, 1.54) is 24.7 Å². The Kier molecular flexibility index (Phi) is 3.54. The minimum Gasteiger partial charge on any atom is -0.465 e. The molecule has 0 spiro atoms. The van der Waals surface area contributed by atoms with Crippen LogP contribution < -0.4 is 5.56 Å². The summed E-state index contributed by atoms with van der Waals surface area (Å²) in [6, 6.07) is 14.2. The van der Waals surface area contributed by atoms with Crippen molar-refractivity contribution in [2.24, 2.45) is 0 Å². The van der Waals surface area contributed by atoms with Crippen molar-refractivity contribution in [3.63, 3.8) is 0 Å². The number of hydrogen-bond donors (Lipinski definition) is 0. The van der Waals surface area contributed by atoms with E-state index < -0.39 is 11.9 Å². The number of aromatic nitrogens is 2. The van der Waals surface area contributed by atoms with Crippen molar-refractivity contribution in [2.75, 3.05) is 14.2 Å². The van der Waals surface area contributed by atoms with E-state index in [4.69, 9.17) is 9.47 Å². The predicted molar refractivity (Wildman–Crippen MR) is 108 cm³/mol. The zero-order valence-corrected chi connectivity index (χ0v) is 15.6. The van der Waals surface area contributed by atoms with Crippen molar-refractivity contribution in [1.82, 2.24) is 9.38 Å². The van der Waals surface area contributed by atoms with E-state index in [0.29, 0.717) is 16.6 Å². The lowest BCUT2D eigenvalue weighted by Crippen LogP contribution is -2.17. The van der Waals surface area contributed by atoms with E-state index >= 15 is 0 Å². The molecule has 0 bridgehead atoms. The zero-order chi connectivity index (χ0) is 20.3. The van der Waals surface area contributed by atoms with Gasteiger partial charge in [-0.05, 0) is 23.6 Å². The molecule has 2 heterocycles. The number of hydrogen-bond acceptors (Lipinski definition) is 6. The van der Waals surface area contributed by atoms with Gasteiger partial charge in [0, 0.05) is 16.2 Å². The van der Waals surface area contributed by atoms with E-state index in [-0.39, 0.29) is 22.2 Å². The van der Waals surface area contributed by atoms with Crippen LogP contribution in [0.2, 0.25) is 0 Å². The lowest BCUT2D eigenvalue weighted by molar-refractivity contribution is 0.0557. The number of benzene rings is 3. The summed E-state index contributed by atoms with van der Waals surface area (Å²) >= 11 is 0. The van der Waals surface area contributed by atoms with Crippen molar-refractivity contribution < 1.29 is 19.1 Å². The Morgan fingerprint density at radius 2 is 1.59 bits per heavy atom. The first-order valence-corrected chi connectivity index (χ1v) is 8.85. The number of rotatable bonds is 2. The van der Waals surface area contributed by atoms with Gasteiger partial charge in [-0.25, -0.2) is 14.6 Å². The number of methoxy groups -OCH3 is 2. The van der Waals surface area contributed by atoms with Crippen LogP contribution in [0.25, 0.3) is 38.2 Å². The lowest BCUT2D eigenvalue weighted by Gasteiger charge is -2.09. The van der Waals surface area contributed by atoms with Crippen molar-refractivity contribution >= 4 is 50.2 Å². The Balaban J connectivity index is 2.10. The van der Waals surface area contributed by atoms with Gasteiger partial charge in [-0.1, -0.05) is 30.3 Å². The summed E-state index contributed by atoms with van der Waals surface area (Å²) in [7, 11) is 2.44. The van der Waals surface area contributed by atoms with E-state index in [9.17, 15) is 14.4 Å². The Hall–Kier alpha value is -4.00. The summed E-state index contributed by atoms with van der Waals surface area (Å²) in [5.41, 5.74) is 0.702. The van der Waals surface area contributed by atoms with E-state index in [1.807, 2.05) is 30.3 Å². The number of pyridine rings is 1. The highest BCUT2D eigenvalue weighted by atomic mass is 16.5. The highest BCUT2D eigenvalue weighted by molar-refractivity contribution is 6.17. The third kappa shape index (κ3) is 2.18. The zero-order valence-electron chi connectivity index (χ0n) is 15.6. The van der Waals surface area contributed by atoms with Gasteiger partial charge in [0.2, 0.25) is 0 Å². The Morgan fingerprint density at radius 1 is 0.897 bits per heavy atom. The Bertz CT molecular complexity index is 1530. The number of fused-ring (bicyclic) bond motifs is 4. The number of nitrogens with zero attached hydrogens (tertiary/aromatic N) is 2. The molecule has 0 saturated heterocycles.